The standard InChI is InChI=1S/C14H16O4/c1-5-11-7-13(17-9(3)15)12(6-2)14(8-11)18-10(4)16/h5,7-8H,1,6H2,2-4H3. The Hall–Kier alpha value is -2.10. The lowest BCUT2D eigenvalue weighted by Crippen LogP contribution is -2.08. The van der Waals surface area contributed by atoms with Crippen molar-refractivity contribution in [3.63, 3.8) is 0 Å². The lowest BCUT2D eigenvalue weighted by Gasteiger charge is -2.13. The van der Waals surface area contributed by atoms with Crippen LogP contribution >= 0.6 is 0 Å². The molecule has 96 valence electrons. The molecule has 0 fully saturated rings. The Morgan fingerprint density at radius 1 is 1.17 bits per heavy atom. The molecule has 0 atom stereocenters. The van der Waals surface area contributed by atoms with Gasteiger partial charge in [-0.05, 0) is 24.1 Å². The normalized spacial score (nSPS) is 9.72. The lowest BCUT2D eigenvalue weighted by molar-refractivity contribution is -0.132. The van der Waals surface area contributed by atoms with Crippen LogP contribution in [-0.4, -0.2) is 11.9 Å². The molecule has 18 heavy (non-hydrogen) atoms. The van der Waals surface area contributed by atoms with Gasteiger partial charge in [0.25, 0.3) is 0 Å². The highest BCUT2D eigenvalue weighted by Crippen LogP contribution is 2.32. The van der Waals surface area contributed by atoms with Crippen LogP contribution in [0.25, 0.3) is 6.08 Å². The van der Waals surface area contributed by atoms with E-state index in [0.29, 0.717) is 23.5 Å². The van der Waals surface area contributed by atoms with Gasteiger partial charge in [-0.2, -0.15) is 0 Å². The largest absolute Gasteiger partial charge is 0.426 e. The molecular weight excluding hydrogens is 232 g/mol. The fourth-order valence-corrected chi connectivity index (χ4v) is 1.60. The molecule has 0 aliphatic heterocycles. The average molecular weight is 248 g/mol. The monoisotopic (exact) mass is 248 g/mol. The van der Waals surface area contributed by atoms with Gasteiger partial charge >= 0.3 is 11.9 Å². The van der Waals surface area contributed by atoms with E-state index in [0.717, 1.165) is 5.56 Å². The lowest BCUT2D eigenvalue weighted by atomic mass is 10.1. The minimum Gasteiger partial charge on any atom is -0.426 e. The summed E-state index contributed by atoms with van der Waals surface area (Å²) in [6.07, 6.45) is 2.18. The predicted octanol–water partition coefficient (Wildman–Crippen LogP) is 2.74. The van der Waals surface area contributed by atoms with Gasteiger partial charge in [-0.25, -0.2) is 0 Å². The first-order chi connectivity index (χ1) is 8.47. The van der Waals surface area contributed by atoms with Crippen molar-refractivity contribution >= 4 is 18.0 Å². The maximum atomic E-state index is 11.1. The topological polar surface area (TPSA) is 52.6 Å². The van der Waals surface area contributed by atoms with Crippen molar-refractivity contribution < 1.29 is 19.1 Å². The predicted molar refractivity (Wildman–Crippen MR) is 68.5 cm³/mol. The molecule has 0 heterocycles. The van der Waals surface area contributed by atoms with E-state index in [-0.39, 0.29) is 0 Å². The molecule has 0 spiro atoms. The van der Waals surface area contributed by atoms with E-state index in [9.17, 15) is 9.59 Å². The van der Waals surface area contributed by atoms with Gasteiger partial charge in [0, 0.05) is 19.4 Å². The first-order valence-corrected chi connectivity index (χ1v) is 5.64. The van der Waals surface area contributed by atoms with E-state index in [2.05, 4.69) is 6.58 Å². The number of benzene rings is 1. The maximum Gasteiger partial charge on any atom is 0.308 e. The van der Waals surface area contributed by atoms with Crippen LogP contribution in [0, 0.1) is 0 Å². The van der Waals surface area contributed by atoms with E-state index < -0.39 is 11.9 Å². The smallest absolute Gasteiger partial charge is 0.308 e. The zero-order valence-electron chi connectivity index (χ0n) is 10.8. The quantitative estimate of drug-likeness (QED) is 0.607. The van der Waals surface area contributed by atoms with Crippen LogP contribution in [0.5, 0.6) is 11.5 Å². The summed E-state index contributed by atoms with van der Waals surface area (Å²) in [6.45, 7) is 8.19. The molecule has 0 aromatic heterocycles. The van der Waals surface area contributed by atoms with Gasteiger partial charge in [0.2, 0.25) is 0 Å². The second-order valence-corrected chi connectivity index (χ2v) is 3.74. The summed E-state index contributed by atoms with van der Waals surface area (Å²) < 4.78 is 10.2. The molecule has 0 unspecified atom stereocenters. The molecule has 1 aromatic rings. The zero-order valence-corrected chi connectivity index (χ0v) is 10.8. The van der Waals surface area contributed by atoms with Gasteiger partial charge in [0.1, 0.15) is 11.5 Å². The van der Waals surface area contributed by atoms with E-state index >= 15 is 0 Å². The van der Waals surface area contributed by atoms with Gasteiger partial charge in [0.15, 0.2) is 0 Å². The molecule has 1 aromatic carbocycles. The molecule has 0 saturated heterocycles. The molecule has 1 rings (SSSR count). The van der Waals surface area contributed by atoms with Crippen LogP contribution in [0.15, 0.2) is 18.7 Å². The van der Waals surface area contributed by atoms with Crippen LogP contribution in [0.1, 0.15) is 31.9 Å². The van der Waals surface area contributed by atoms with Crippen LogP contribution in [-0.2, 0) is 16.0 Å². The summed E-state index contributed by atoms with van der Waals surface area (Å²) in [6, 6.07) is 3.39. The van der Waals surface area contributed by atoms with E-state index in [1.54, 1.807) is 18.2 Å². The molecule has 0 aliphatic carbocycles. The maximum absolute atomic E-state index is 11.1. The van der Waals surface area contributed by atoms with Gasteiger partial charge in [-0.1, -0.05) is 19.6 Å². The molecule has 0 N–H and O–H groups in total. The molecule has 4 heteroatoms. The van der Waals surface area contributed by atoms with Crippen LogP contribution in [0.4, 0.5) is 0 Å². The van der Waals surface area contributed by atoms with Crippen molar-refractivity contribution in [2.45, 2.75) is 27.2 Å². The number of rotatable bonds is 4. The van der Waals surface area contributed by atoms with E-state index in [4.69, 9.17) is 9.47 Å². The van der Waals surface area contributed by atoms with E-state index in [1.165, 1.54) is 13.8 Å². The van der Waals surface area contributed by atoms with Gasteiger partial charge in [-0.3, -0.25) is 9.59 Å². The second-order valence-electron chi connectivity index (χ2n) is 3.74. The Morgan fingerprint density at radius 3 is 1.89 bits per heavy atom. The van der Waals surface area contributed by atoms with Crippen molar-refractivity contribution in [1.82, 2.24) is 0 Å². The number of hydrogen-bond donors (Lipinski definition) is 0. The Kier molecular flexibility index (Phi) is 4.66. The third-order valence-electron chi connectivity index (χ3n) is 2.29. The van der Waals surface area contributed by atoms with Crippen molar-refractivity contribution in [2.75, 3.05) is 0 Å². The Balaban J connectivity index is 3.33. The minimum absolute atomic E-state index is 0.402. The summed E-state index contributed by atoms with van der Waals surface area (Å²) in [4.78, 5) is 22.1. The van der Waals surface area contributed by atoms with Gasteiger partial charge in [-0.15, -0.1) is 0 Å². The summed E-state index contributed by atoms with van der Waals surface area (Å²) in [5, 5.41) is 0. The number of esters is 2. The highest BCUT2D eigenvalue weighted by Gasteiger charge is 2.14. The van der Waals surface area contributed by atoms with Crippen molar-refractivity contribution in [3.05, 3.63) is 29.8 Å². The number of carbonyl (C=O) groups excluding carboxylic acids is 2. The Bertz CT molecular complexity index is 452. The first kappa shape index (κ1) is 14.0. The van der Waals surface area contributed by atoms with Crippen LogP contribution < -0.4 is 9.47 Å². The molecule has 0 aliphatic rings. The van der Waals surface area contributed by atoms with Gasteiger partial charge in [0.05, 0.1) is 0 Å². The van der Waals surface area contributed by atoms with Gasteiger partial charge < -0.3 is 9.47 Å². The second kappa shape index (κ2) is 6.00. The molecule has 0 radical (unpaired) electrons. The fraction of sp³-hybridized carbons (Fsp3) is 0.286. The molecule has 0 amide bonds. The van der Waals surface area contributed by atoms with Crippen molar-refractivity contribution in [3.8, 4) is 11.5 Å². The minimum atomic E-state index is -0.417. The SMILES string of the molecule is C=Cc1cc(OC(C)=O)c(CC)c(OC(C)=O)c1. The molecule has 0 saturated carbocycles. The van der Waals surface area contributed by atoms with E-state index in [1.807, 2.05) is 6.92 Å². The molecule has 4 nitrogen and oxygen atoms in total. The number of carbonyl (C=O) groups is 2. The summed E-state index contributed by atoms with van der Waals surface area (Å²) >= 11 is 0. The first-order valence-electron chi connectivity index (χ1n) is 5.64. The van der Waals surface area contributed by atoms with Crippen LogP contribution in [0.2, 0.25) is 0 Å². The highest BCUT2D eigenvalue weighted by molar-refractivity contribution is 5.74. The highest BCUT2D eigenvalue weighted by atomic mass is 16.5. The molecule has 0 bridgehead atoms. The summed E-state index contributed by atoms with van der Waals surface area (Å²) in [5.41, 5.74) is 1.41. The summed E-state index contributed by atoms with van der Waals surface area (Å²) in [7, 11) is 0. The summed E-state index contributed by atoms with van der Waals surface area (Å²) in [5.74, 6) is -0.0309. The third kappa shape index (κ3) is 3.45. The third-order valence-corrected chi connectivity index (χ3v) is 2.29. The Morgan fingerprint density at radius 2 is 1.61 bits per heavy atom. The fourth-order valence-electron chi connectivity index (χ4n) is 1.60. The van der Waals surface area contributed by atoms with Crippen molar-refractivity contribution in [1.29, 1.82) is 0 Å². The molecular formula is C14H16O4. The number of hydrogen-bond acceptors (Lipinski definition) is 4. The number of ether oxygens (including phenoxy) is 2. The average Bonchev–Trinajstić information content (AvgIpc) is 2.27. The van der Waals surface area contributed by atoms with Crippen LogP contribution in [0.3, 0.4) is 0 Å². The Labute approximate surface area is 106 Å². The van der Waals surface area contributed by atoms with Crippen molar-refractivity contribution in [2.24, 2.45) is 0 Å². The zero-order chi connectivity index (χ0) is 13.7.